The first-order valence-corrected chi connectivity index (χ1v) is 11.2. The van der Waals surface area contributed by atoms with Crippen LogP contribution < -0.4 is 10.5 Å². The van der Waals surface area contributed by atoms with Crippen LogP contribution in [0.4, 0.5) is 0 Å². The summed E-state index contributed by atoms with van der Waals surface area (Å²) in [7, 11) is 1.58. The third kappa shape index (κ3) is 5.00. The van der Waals surface area contributed by atoms with Crippen molar-refractivity contribution in [1.29, 1.82) is 0 Å². The zero-order valence-corrected chi connectivity index (χ0v) is 19.8. The second-order valence-electron chi connectivity index (χ2n) is 7.69. The van der Waals surface area contributed by atoms with Gasteiger partial charge in [0.05, 0.1) is 17.8 Å². The molecular weight excluding hydrogens is 475 g/mol. The number of rotatable bonds is 8. The largest absolute Gasteiger partial charge is 0.497 e. The fourth-order valence-corrected chi connectivity index (χ4v) is 4.33. The Morgan fingerprint density at radius 1 is 1.12 bits per heavy atom. The Kier molecular flexibility index (Phi) is 7.05. The first-order valence-electron chi connectivity index (χ1n) is 10.5. The second-order valence-corrected chi connectivity index (χ2v) is 8.53. The van der Waals surface area contributed by atoms with E-state index in [2.05, 4.69) is 5.10 Å². The lowest BCUT2D eigenvalue weighted by molar-refractivity contribution is -0.139. The van der Waals surface area contributed by atoms with Gasteiger partial charge in [-0.3, -0.25) is 9.59 Å². The molecule has 2 unspecified atom stereocenters. The minimum Gasteiger partial charge on any atom is -0.497 e. The van der Waals surface area contributed by atoms with Crippen molar-refractivity contribution < 1.29 is 14.3 Å². The Labute approximate surface area is 207 Å². The van der Waals surface area contributed by atoms with Crippen molar-refractivity contribution in [2.45, 2.75) is 18.6 Å². The van der Waals surface area contributed by atoms with E-state index in [9.17, 15) is 9.59 Å². The molecule has 9 heteroatoms. The number of hydrogen-bond acceptors (Lipinski definition) is 5. The van der Waals surface area contributed by atoms with Crippen LogP contribution in [0.2, 0.25) is 10.0 Å². The average molecular weight is 497 g/mol. The maximum atomic E-state index is 12.9. The number of nitrogens with two attached hydrogens (primary N) is 1. The fourth-order valence-electron chi connectivity index (χ4n) is 3.82. The molecule has 4 rings (SSSR count). The number of hydrogen-bond donors (Lipinski definition) is 1. The van der Waals surface area contributed by atoms with Gasteiger partial charge >= 0.3 is 0 Å². The number of primary amides is 1. The first-order chi connectivity index (χ1) is 16.4. The number of amides is 1. The van der Waals surface area contributed by atoms with Crippen LogP contribution in [-0.4, -0.2) is 39.5 Å². The molecule has 7 nitrogen and oxygen atoms in total. The number of halogens is 2. The van der Waals surface area contributed by atoms with E-state index in [0.717, 1.165) is 11.1 Å². The lowest BCUT2D eigenvalue weighted by Crippen LogP contribution is -2.48. The van der Waals surface area contributed by atoms with Crippen molar-refractivity contribution in [1.82, 2.24) is 14.7 Å². The van der Waals surface area contributed by atoms with Crippen LogP contribution in [0.25, 0.3) is 11.3 Å². The van der Waals surface area contributed by atoms with Gasteiger partial charge in [0.25, 0.3) is 5.91 Å². The van der Waals surface area contributed by atoms with Crippen LogP contribution in [0.1, 0.15) is 11.7 Å². The van der Waals surface area contributed by atoms with Crippen LogP contribution in [-0.2, 0) is 16.0 Å². The molecule has 3 aromatic rings. The fraction of sp³-hybridized carbons (Fsp3) is 0.160. The van der Waals surface area contributed by atoms with E-state index in [1.54, 1.807) is 65.5 Å². The molecule has 0 bridgehead atoms. The summed E-state index contributed by atoms with van der Waals surface area (Å²) in [5.74, 6) is -0.978. The second kappa shape index (κ2) is 10.2. The standard InChI is InChI=1S/C25H22Cl2N4O3/c1-34-18-8-5-16(6-9-18)14-22(24(32)25(28)33)30-12-3-2-4-23(30)31-13-11-21(29-31)19-10-7-17(26)15-20(19)27/h2-13,15,22-23H,14H2,1H3,(H2,28,33). The highest BCUT2D eigenvalue weighted by molar-refractivity contribution is 6.37. The molecule has 1 amide bonds. The number of aromatic nitrogens is 2. The van der Waals surface area contributed by atoms with Gasteiger partial charge in [0.15, 0.2) is 0 Å². The van der Waals surface area contributed by atoms with E-state index in [1.165, 1.54) is 0 Å². The SMILES string of the molecule is COc1ccc(CC(C(=O)C(N)=O)N2C=CC=CC2n2ccc(-c3ccc(Cl)cc3Cl)n2)cc1. The van der Waals surface area contributed by atoms with Gasteiger partial charge in [-0.1, -0.05) is 41.4 Å². The third-order valence-corrected chi connectivity index (χ3v) is 6.09. The maximum absolute atomic E-state index is 12.9. The predicted octanol–water partition coefficient (Wildman–Crippen LogP) is 4.42. The van der Waals surface area contributed by atoms with Gasteiger partial charge in [0.2, 0.25) is 5.78 Å². The number of benzene rings is 2. The minimum atomic E-state index is -0.991. The molecule has 2 atom stereocenters. The molecule has 0 aliphatic carbocycles. The summed E-state index contributed by atoms with van der Waals surface area (Å²) in [6, 6.07) is 13.5. The van der Waals surface area contributed by atoms with Gasteiger partial charge < -0.3 is 15.4 Å². The quantitative estimate of drug-likeness (QED) is 0.466. The summed E-state index contributed by atoms with van der Waals surface area (Å²) >= 11 is 12.4. The van der Waals surface area contributed by atoms with Crippen molar-refractivity contribution >= 4 is 34.9 Å². The van der Waals surface area contributed by atoms with Gasteiger partial charge in [0.1, 0.15) is 18.0 Å². The molecule has 2 N–H and O–H groups in total. The van der Waals surface area contributed by atoms with E-state index >= 15 is 0 Å². The highest BCUT2D eigenvalue weighted by Gasteiger charge is 2.33. The van der Waals surface area contributed by atoms with E-state index in [-0.39, 0.29) is 6.42 Å². The number of ketones is 1. The maximum Gasteiger partial charge on any atom is 0.287 e. The molecule has 34 heavy (non-hydrogen) atoms. The number of ether oxygens (including phenoxy) is 1. The first kappa shape index (κ1) is 23.6. The molecule has 0 saturated heterocycles. The number of methoxy groups -OCH3 is 1. The molecule has 0 fully saturated rings. The van der Waals surface area contributed by atoms with E-state index < -0.39 is 23.9 Å². The van der Waals surface area contributed by atoms with E-state index in [4.69, 9.17) is 33.7 Å². The molecule has 0 spiro atoms. The van der Waals surface area contributed by atoms with Gasteiger partial charge in [-0.2, -0.15) is 5.10 Å². The topological polar surface area (TPSA) is 90.5 Å². The zero-order valence-electron chi connectivity index (χ0n) is 18.3. The number of Topliss-reactive ketones (excluding diaryl/α,β-unsaturated/α-hetero) is 1. The van der Waals surface area contributed by atoms with Crippen molar-refractivity contribution in [3.05, 3.63) is 94.8 Å². The van der Waals surface area contributed by atoms with E-state index in [1.807, 2.05) is 30.4 Å². The Morgan fingerprint density at radius 2 is 1.88 bits per heavy atom. The van der Waals surface area contributed by atoms with Crippen LogP contribution in [0.15, 0.2) is 79.2 Å². The van der Waals surface area contributed by atoms with Crippen molar-refractivity contribution in [2.75, 3.05) is 7.11 Å². The molecule has 0 saturated carbocycles. The van der Waals surface area contributed by atoms with Crippen LogP contribution in [0.5, 0.6) is 5.75 Å². The molecule has 2 heterocycles. The number of carbonyl (C=O) groups excluding carboxylic acids is 2. The van der Waals surface area contributed by atoms with Gasteiger partial charge in [-0.05, 0) is 54.1 Å². The van der Waals surface area contributed by atoms with Crippen LogP contribution >= 0.6 is 23.2 Å². The highest BCUT2D eigenvalue weighted by Crippen LogP contribution is 2.31. The van der Waals surface area contributed by atoms with Gasteiger partial charge in [-0.25, -0.2) is 4.68 Å². The molecular formula is C25H22Cl2N4O3. The van der Waals surface area contributed by atoms with Gasteiger partial charge in [0, 0.05) is 29.4 Å². The molecule has 174 valence electrons. The monoisotopic (exact) mass is 496 g/mol. The van der Waals surface area contributed by atoms with Crippen molar-refractivity contribution in [3.63, 3.8) is 0 Å². The molecule has 1 aromatic heterocycles. The average Bonchev–Trinajstić information content (AvgIpc) is 3.32. The summed E-state index contributed by atoms with van der Waals surface area (Å²) in [6.45, 7) is 0. The molecule has 2 aromatic carbocycles. The number of carbonyl (C=O) groups is 2. The lowest BCUT2D eigenvalue weighted by Gasteiger charge is -2.36. The summed E-state index contributed by atoms with van der Waals surface area (Å²) in [5, 5.41) is 5.69. The summed E-state index contributed by atoms with van der Waals surface area (Å²) < 4.78 is 6.91. The molecule has 0 radical (unpaired) electrons. The van der Waals surface area contributed by atoms with Crippen LogP contribution in [0.3, 0.4) is 0 Å². The van der Waals surface area contributed by atoms with Crippen LogP contribution in [0, 0.1) is 0 Å². The third-order valence-electron chi connectivity index (χ3n) is 5.54. The number of nitrogens with zero attached hydrogens (tertiary/aromatic N) is 3. The Hall–Kier alpha value is -3.55. The van der Waals surface area contributed by atoms with Gasteiger partial charge in [-0.15, -0.1) is 0 Å². The number of allylic oxidation sites excluding steroid dienone is 2. The Bertz CT molecular complexity index is 1270. The highest BCUT2D eigenvalue weighted by atomic mass is 35.5. The Balaban J connectivity index is 1.66. The summed E-state index contributed by atoms with van der Waals surface area (Å²) in [6.07, 6.45) is 8.91. The zero-order chi connectivity index (χ0) is 24.2. The summed E-state index contributed by atoms with van der Waals surface area (Å²) in [4.78, 5) is 26.6. The lowest BCUT2D eigenvalue weighted by atomic mass is 9.99. The molecule has 1 aliphatic rings. The predicted molar refractivity (Wildman–Crippen MR) is 132 cm³/mol. The normalized spacial score (nSPS) is 15.9. The summed E-state index contributed by atoms with van der Waals surface area (Å²) in [5.41, 5.74) is 7.65. The van der Waals surface area contributed by atoms with Crippen molar-refractivity contribution in [3.8, 4) is 17.0 Å². The smallest absolute Gasteiger partial charge is 0.287 e. The minimum absolute atomic E-state index is 0.275. The molecule has 1 aliphatic heterocycles. The van der Waals surface area contributed by atoms with E-state index in [0.29, 0.717) is 21.5 Å². The van der Waals surface area contributed by atoms with Crippen molar-refractivity contribution in [2.24, 2.45) is 5.73 Å². The Morgan fingerprint density at radius 3 is 2.56 bits per heavy atom.